The normalized spacial score (nSPS) is 14.0. The molecule has 0 bridgehead atoms. The summed E-state index contributed by atoms with van der Waals surface area (Å²) in [5.41, 5.74) is 2.14. The first-order valence-electron chi connectivity index (χ1n) is 13.0. The topological polar surface area (TPSA) is 94.2 Å². The zero-order chi connectivity index (χ0) is 28.8. The Kier molecular flexibility index (Phi) is 8.55. The summed E-state index contributed by atoms with van der Waals surface area (Å²) >= 11 is 0.786. The molecule has 4 aromatic rings. The number of rotatable bonds is 10. The molecule has 0 unspecified atom stereocenters. The predicted octanol–water partition coefficient (Wildman–Crippen LogP) is 6.50. The zero-order valence-corrected chi connectivity index (χ0v) is 23.4. The molecule has 1 saturated heterocycles. The van der Waals surface area contributed by atoms with Crippen LogP contribution >= 0.6 is 11.8 Å². The molecule has 0 saturated carbocycles. The van der Waals surface area contributed by atoms with Crippen LogP contribution < -0.4 is 19.5 Å². The number of anilines is 1. The minimum absolute atomic E-state index is 0.215. The van der Waals surface area contributed by atoms with E-state index in [0.29, 0.717) is 41.7 Å². The maximum Gasteiger partial charge on any atom is 0.294 e. The lowest BCUT2D eigenvalue weighted by Gasteiger charge is -2.14. The molecule has 1 aliphatic heterocycles. The maximum absolute atomic E-state index is 13.0. The van der Waals surface area contributed by atoms with E-state index in [2.05, 4.69) is 29.6 Å². The molecule has 9 heteroatoms. The number of carbonyl (C=O) groups excluding carboxylic acids is 3. The second kappa shape index (κ2) is 12.6. The van der Waals surface area contributed by atoms with E-state index in [1.807, 2.05) is 25.1 Å². The molecule has 4 aromatic carbocycles. The molecule has 1 aliphatic rings. The third-order valence-corrected chi connectivity index (χ3v) is 7.24. The van der Waals surface area contributed by atoms with Crippen molar-refractivity contribution in [2.24, 2.45) is 0 Å². The molecule has 5 rings (SSSR count). The Morgan fingerprint density at radius 2 is 1.66 bits per heavy atom. The molecule has 0 spiro atoms. The Bertz CT molecular complexity index is 1650. The molecule has 0 atom stereocenters. The van der Waals surface area contributed by atoms with Crippen LogP contribution in [-0.2, 0) is 16.2 Å². The van der Waals surface area contributed by atoms with Gasteiger partial charge in [-0.15, -0.1) is 0 Å². The monoisotopic (exact) mass is 568 g/mol. The second-order valence-corrected chi connectivity index (χ2v) is 10.1. The van der Waals surface area contributed by atoms with Gasteiger partial charge in [-0.2, -0.15) is 0 Å². The van der Waals surface area contributed by atoms with Crippen LogP contribution in [0.15, 0.2) is 89.8 Å². The fraction of sp³-hybridized carbons (Fsp3) is 0.156. The van der Waals surface area contributed by atoms with Crippen molar-refractivity contribution >= 4 is 51.4 Å². The van der Waals surface area contributed by atoms with Gasteiger partial charge >= 0.3 is 0 Å². The molecule has 1 fully saturated rings. The average molecular weight is 569 g/mol. The van der Waals surface area contributed by atoms with Crippen molar-refractivity contribution in [3.63, 3.8) is 0 Å². The van der Waals surface area contributed by atoms with E-state index in [-0.39, 0.29) is 4.91 Å². The first kappa shape index (κ1) is 27.8. The van der Waals surface area contributed by atoms with Crippen molar-refractivity contribution in [2.45, 2.75) is 13.5 Å². The number of nitrogens with zero attached hydrogens (tertiary/aromatic N) is 1. The molecule has 0 aromatic heterocycles. The molecule has 0 aliphatic carbocycles. The van der Waals surface area contributed by atoms with Gasteiger partial charge in [0.05, 0.1) is 24.3 Å². The van der Waals surface area contributed by atoms with E-state index in [1.54, 1.807) is 48.5 Å². The molecule has 1 N–H and O–H groups in total. The van der Waals surface area contributed by atoms with Gasteiger partial charge in [0.1, 0.15) is 18.9 Å². The molecule has 41 heavy (non-hydrogen) atoms. The summed E-state index contributed by atoms with van der Waals surface area (Å²) in [5, 5.41) is 4.47. The number of hydrogen-bond acceptors (Lipinski definition) is 7. The van der Waals surface area contributed by atoms with Crippen LogP contribution in [0.2, 0.25) is 0 Å². The molecule has 1 heterocycles. The number of ether oxygens (including phenoxy) is 3. The number of methoxy groups -OCH3 is 1. The number of para-hydroxylation sites is 2. The van der Waals surface area contributed by atoms with Crippen LogP contribution in [-0.4, -0.2) is 42.2 Å². The van der Waals surface area contributed by atoms with Crippen molar-refractivity contribution in [2.75, 3.05) is 25.6 Å². The van der Waals surface area contributed by atoms with E-state index in [0.717, 1.165) is 33.0 Å². The number of hydrogen-bond donors (Lipinski definition) is 1. The van der Waals surface area contributed by atoms with Crippen molar-refractivity contribution < 1.29 is 28.6 Å². The number of fused-ring (bicyclic) bond motifs is 1. The summed E-state index contributed by atoms with van der Waals surface area (Å²) in [6, 6.07) is 26.6. The summed E-state index contributed by atoms with van der Waals surface area (Å²) in [6.07, 6.45) is 1.61. The van der Waals surface area contributed by atoms with Gasteiger partial charge in [0, 0.05) is 0 Å². The van der Waals surface area contributed by atoms with Gasteiger partial charge in [0.15, 0.2) is 11.5 Å². The Hall–Kier alpha value is -4.76. The Morgan fingerprint density at radius 3 is 2.46 bits per heavy atom. The van der Waals surface area contributed by atoms with Crippen molar-refractivity contribution in [3.8, 4) is 17.2 Å². The highest BCUT2D eigenvalue weighted by Gasteiger charge is 2.36. The second-order valence-electron chi connectivity index (χ2n) is 9.13. The van der Waals surface area contributed by atoms with Crippen molar-refractivity contribution in [3.05, 3.63) is 101 Å². The Morgan fingerprint density at radius 1 is 0.878 bits per heavy atom. The smallest absolute Gasteiger partial charge is 0.294 e. The lowest BCUT2D eigenvalue weighted by Crippen LogP contribution is -2.36. The van der Waals surface area contributed by atoms with Crippen molar-refractivity contribution in [1.82, 2.24) is 4.90 Å². The quantitative estimate of drug-likeness (QED) is 0.218. The minimum Gasteiger partial charge on any atom is -0.495 e. The lowest BCUT2D eigenvalue weighted by molar-refractivity contribution is -0.127. The van der Waals surface area contributed by atoms with E-state index < -0.39 is 23.6 Å². The third-order valence-electron chi connectivity index (χ3n) is 6.33. The van der Waals surface area contributed by atoms with Crippen LogP contribution in [0.25, 0.3) is 16.8 Å². The van der Waals surface area contributed by atoms with Crippen LogP contribution in [0, 0.1) is 0 Å². The lowest BCUT2D eigenvalue weighted by atomic mass is 10.1. The maximum atomic E-state index is 13.0. The standard InChI is InChI=1S/C32H28N2O6S/c1-3-39-28-17-21(13-15-27(28)40-20-22-12-14-23-8-4-5-9-24(23)16-22)18-29-31(36)34(32(37)41-29)19-30(35)33-25-10-6-7-11-26(25)38-2/h4-18H,3,19-20H2,1-2H3,(H,33,35)/b29-18+. The summed E-state index contributed by atoms with van der Waals surface area (Å²) in [5.74, 6) is 0.523. The van der Waals surface area contributed by atoms with Gasteiger partial charge in [-0.1, -0.05) is 54.6 Å². The van der Waals surface area contributed by atoms with Crippen LogP contribution in [0.4, 0.5) is 10.5 Å². The Labute approximate surface area is 241 Å². The van der Waals surface area contributed by atoms with E-state index in [1.165, 1.54) is 7.11 Å². The summed E-state index contributed by atoms with van der Waals surface area (Å²) in [6.45, 7) is 2.25. The molecule has 8 nitrogen and oxygen atoms in total. The first-order valence-corrected chi connectivity index (χ1v) is 13.8. The van der Waals surface area contributed by atoms with Crippen LogP contribution in [0.5, 0.6) is 17.2 Å². The number of imide groups is 1. The molecule has 208 valence electrons. The molecular weight excluding hydrogens is 540 g/mol. The van der Waals surface area contributed by atoms with Gasteiger partial charge in [0.2, 0.25) is 5.91 Å². The Balaban J connectivity index is 1.27. The van der Waals surface area contributed by atoms with E-state index >= 15 is 0 Å². The van der Waals surface area contributed by atoms with Gasteiger partial charge in [-0.05, 0) is 77.0 Å². The van der Waals surface area contributed by atoms with E-state index in [4.69, 9.17) is 14.2 Å². The highest BCUT2D eigenvalue weighted by atomic mass is 32.2. The molecule has 3 amide bonds. The first-order chi connectivity index (χ1) is 19.9. The van der Waals surface area contributed by atoms with Gasteiger partial charge < -0.3 is 19.5 Å². The predicted molar refractivity (Wildman–Crippen MR) is 160 cm³/mol. The fourth-order valence-electron chi connectivity index (χ4n) is 4.36. The fourth-order valence-corrected chi connectivity index (χ4v) is 5.20. The third kappa shape index (κ3) is 6.53. The van der Waals surface area contributed by atoms with Crippen LogP contribution in [0.1, 0.15) is 18.1 Å². The molecule has 0 radical (unpaired) electrons. The summed E-state index contributed by atoms with van der Waals surface area (Å²) in [4.78, 5) is 39.4. The highest BCUT2D eigenvalue weighted by Crippen LogP contribution is 2.35. The number of benzene rings is 4. The largest absolute Gasteiger partial charge is 0.495 e. The highest BCUT2D eigenvalue weighted by molar-refractivity contribution is 8.18. The van der Waals surface area contributed by atoms with Gasteiger partial charge in [-0.25, -0.2) is 0 Å². The van der Waals surface area contributed by atoms with Gasteiger partial charge in [-0.3, -0.25) is 19.3 Å². The number of thioether (sulfide) groups is 1. The SMILES string of the molecule is CCOc1cc(/C=C2/SC(=O)N(CC(=O)Nc3ccccc3OC)C2=O)ccc1OCc1ccc2ccccc2c1. The number of carbonyl (C=O) groups is 3. The minimum atomic E-state index is -0.537. The number of amides is 3. The van der Waals surface area contributed by atoms with Crippen LogP contribution in [0.3, 0.4) is 0 Å². The van der Waals surface area contributed by atoms with Gasteiger partial charge in [0.25, 0.3) is 11.1 Å². The summed E-state index contributed by atoms with van der Waals surface area (Å²) < 4.78 is 17.1. The van der Waals surface area contributed by atoms with Crippen molar-refractivity contribution in [1.29, 1.82) is 0 Å². The zero-order valence-electron chi connectivity index (χ0n) is 22.6. The van der Waals surface area contributed by atoms with E-state index in [9.17, 15) is 14.4 Å². The molecular formula is C32H28N2O6S. The number of nitrogens with one attached hydrogen (secondary N) is 1. The summed E-state index contributed by atoms with van der Waals surface area (Å²) in [7, 11) is 1.49. The average Bonchev–Trinajstić information content (AvgIpc) is 3.24.